The van der Waals surface area contributed by atoms with E-state index >= 15 is 0 Å². The van der Waals surface area contributed by atoms with Crippen LogP contribution in [0, 0.1) is 11.3 Å². The van der Waals surface area contributed by atoms with Gasteiger partial charge in [-0.1, -0.05) is 57.3 Å². The molecule has 0 amide bonds. The lowest BCUT2D eigenvalue weighted by Gasteiger charge is -2.25. The van der Waals surface area contributed by atoms with Crippen molar-refractivity contribution in [2.75, 3.05) is 0 Å². The molecule has 2 nitrogen and oxygen atoms in total. The minimum absolute atomic E-state index is 0.209. The van der Waals surface area contributed by atoms with Crippen molar-refractivity contribution < 1.29 is 0 Å². The van der Waals surface area contributed by atoms with Crippen LogP contribution < -0.4 is 0 Å². The summed E-state index contributed by atoms with van der Waals surface area (Å²) in [6, 6.07) is 13.9. The molecule has 3 heteroatoms. The molecule has 0 atom stereocenters. The van der Waals surface area contributed by atoms with E-state index in [4.69, 9.17) is 11.6 Å². The fourth-order valence-corrected chi connectivity index (χ4v) is 7.58. The van der Waals surface area contributed by atoms with E-state index in [1.54, 1.807) is 0 Å². The van der Waals surface area contributed by atoms with Crippen LogP contribution >= 0.6 is 11.6 Å². The lowest BCUT2D eigenvalue weighted by atomic mass is 9.78. The number of fused-ring (bicyclic) bond motifs is 6. The highest BCUT2D eigenvalue weighted by Crippen LogP contribution is 2.54. The second-order valence-corrected chi connectivity index (χ2v) is 11.1. The third kappa shape index (κ3) is 3.28. The first kappa shape index (κ1) is 22.7. The second kappa shape index (κ2) is 8.42. The number of hydrogen-bond donors (Lipinski definition) is 1. The third-order valence-corrected chi connectivity index (χ3v) is 9.23. The molecule has 0 aliphatic heterocycles. The van der Waals surface area contributed by atoms with Crippen molar-refractivity contribution in [1.29, 1.82) is 5.26 Å². The first-order valence-electron chi connectivity index (χ1n) is 13.4. The average molecular weight is 481 g/mol. The number of aryl methyl sites for hydroxylation is 4. The fraction of sp³-hybridized carbons (Fsp3) is 0.406. The van der Waals surface area contributed by atoms with Crippen LogP contribution in [0.25, 0.3) is 32.9 Å². The predicted molar refractivity (Wildman–Crippen MR) is 148 cm³/mol. The summed E-state index contributed by atoms with van der Waals surface area (Å²) in [4.78, 5) is 3.60. The topological polar surface area (TPSA) is 39.6 Å². The Bertz CT molecular complexity index is 1500. The van der Waals surface area contributed by atoms with E-state index in [9.17, 15) is 5.26 Å². The van der Waals surface area contributed by atoms with E-state index in [0.717, 1.165) is 47.3 Å². The van der Waals surface area contributed by atoms with Gasteiger partial charge in [0.2, 0.25) is 0 Å². The van der Waals surface area contributed by atoms with Crippen LogP contribution in [0.2, 0.25) is 5.02 Å². The van der Waals surface area contributed by atoms with Gasteiger partial charge in [0.15, 0.2) is 0 Å². The molecular formula is C32H33ClN2. The van der Waals surface area contributed by atoms with Crippen molar-refractivity contribution in [3.05, 3.63) is 68.7 Å². The third-order valence-electron chi connectivity index (χ3n) is 8.94. The van der Waals surface area contributed by atoms with Gasteiger partial charge in [-0.2, -0.15) is 5.26 Å². The van der Waals surface area contributed by atoms with E-state index in [1.807, 2.05) is 0 Å². The Labute approximate surface area is 213 Å². The Morgan fingerprint density at radius 3 is 2.29 bits per heavy atom. The van der Waals surface area contributed by atoms with Gasteiger partial charge in [-0.15, -0.1) is 0 Å². The number of nitriles is 1. The number of halogens is 1. The van der Waals surface area contributed by atoms with Crippen LogP contribution in [0.3, 0.4) is 0 Å². The van der Waals surface area contributed by atoms with E-state index in [2.05, 4.69) is 62.2 Å². The van der Waals surface area contributed by atoms with Crippen LogP contribution in [-0.4, -0.2) is 4.98 Å². The maximum atomic E-state index is 10.1. The van der Waals surface area contributed by atoms with Crippen LogP contribution in [0.4, 0.5) is 0 Å². The van der Waals surface area contributed by atoms with Crippen LogP contribution in [-0.2, 0) is 31.1 Å². The summed E-state index contributed by atoms with van der Waals surface area (Å²) < 4.78 is 0. The van der Waals surface area contributed by atoms with Gasteiger partial charge in [0, 0.05) is 16.3 Å². The van der Waals surface area contributed by atoms with Crippen molar-refractivity contribution in [1.82, 2.24) is 4.98 Å². The molecule has 0 saturated heterocycles. The summed E-state index contributed by atoms with van der Waals surface area (Å²) >= 11 is 6.98. The van der Waals surface area contributed by atoms with Crippen molar-refractivity contribution in [3.63, 3.8) is 0 Å². The lowest BCUT2D eigenvalue weighted by Crippen LogP contribution is -2.19. The van der Waals surface area contributed by atoms with Crippen LogP contribution in [0.15, 0.2) is 30.3 Å². The molecule has 4 aromatic rings. The molecular weight excluding hydrogens is 448 g/mol. The summed E-state index contributed by atoms with van der Waals surface area (Å²) in [6.07, 6.45) is 10.3. The summed E-state index contributed by atoms with van der Waals surface area (Å²) in [5.41, 5.74) is 12.6. The molecule has 1 fully saturated rings. The smallest absolute Gasteiger partial charge is 0.0995 e. The van der Waals surface area contributed by atoms with Gasteiger partial charge in [-0.05, 0) is 108 Å². The summed E-state index contributed by atoms with van der Waals surface area (Å²) in [7, 11) is 0. The number of aromatic amines is 1. The van der Waals surface area contributed by atoms with E-state index in [0.29, 0.717) is 0 Å². The molecule has 1 aromatic heterocycles. The minimum Gasteiger partial charge on any atom is -0.353 e. The molecule has 1 saturated carbocycles. The fourth-order valence-electron chi connectivity index (χ4n) is 7.31. The number of benzene rings is 3. The quantitative estimate of drug-likeness (QED) is 0.311. The van der Waals surface area contributed by atoms with Gasteiger partial charge < -0.3 is 4.98 Å². The predicted octanol–water partition coefficient (Wildman–Crippen LogP) is 8.96. The molecule has 1 spiro atoms. The normalized spacial score (nSPS) is 16.4. The van der Waals surface area contributed by atoms with Gasteiger partial charge in [-0.25, -0.2) is 0 Å². The maximum Gasteiger partial charge on any atom is 0.0995 e. The first-order valence-corrected chi connectivity index (χ1v) is 13.8. The number of aromatic nitrogens is 1. The van der Waals surface area contributed by atoms with Crippen molar-refractivity contribution in [2.24, 2.45) is 0 Å². The zero-order valence-corrected chi connectivity index (χ0v) is 21.8. The Morgan fingerprint density at radius 2 is 1.66 bits per heavy atom. The number of H-pyrrole nitrogens is 1. The molecule has 3 aromatic carbocycles. The first-order chi connectivity index (χ1) is 17.0. The summed E-state index contributed by atoms with van der Waals surface area (Å²) in [5, 5.41) is 13.4. The van der Waals surface area contributed by atoms with E-state index < -0.39 is 0 Å². The number of nitrogens with zero attached hydrogens (tertiary/aromatic N) is 1. The highest BCUT2D eigenvalue weighted by atomic mass is 35.5. The Kier molecular flexibility index (Phi) is 5.46. The van der Waals surface area contributed by atoms with E-state index in [1.165, 1.54) is 81.8 Å². The Hall–Kier alpha value is -2.76. The SMILES string of the molecule is CCc1cc(CC)c(-c2cc(Cl)c3[nH]c4cc(C#N)c5c(c4c3c2)CCC52CCCC2)c(CC)c1. The maximum absolute atomic E-state index is 10.1. The summed E-state index contributed by atoms with van der Waals surface area (Å²) in [5.74, 6) is 0. The largest absolute Gasteiger partial charge is 0.353 e. The number of hydrogen-bond acceptors (Lipinski definition) is 1. The van der Waals surface area contributed by atoms with Gasteiger partial charge in [-0.3, -0.25) is 0 Å². The van der Waals surface area contributed by atoms with Crippen LogP contribution in [0.5, 0.6) is 0 Å². The zero-order valence-electron chi connectivity index (χ0n) is 21.1. The van der Waals surface area contributed by atoms with Gasteiger partial charge >= 0.3 is 0 Å². The standard InChI is InChI=1S/C32H33ClN2/c1-4-19-13-20(5-2)28(21(6-3)14-19)22-15-25-29-24-9-12-32(10-7-8-11-32)30(24)23(18-34)17-27(29)35-31(25)26(33)16-22/h13-17,35H,4-12H2,1-3H3. The molecule has 35 heavy (non-hydrogen) atoms. The van der Waals surface area contributed by atoms with Gasteiger partial charge in [0.1, 0.15) is 0 Å². The van der Waals surface area contributed by atoms with Crippen molar-refractivity contribution in [2.45, 2.75) is 84.0 Å². The number of nitrogens with one attached hydrogen (secondary N) is 1. The molecule has 0 radical (unpaired) electrons. The van der Waals surface area contributed by atoms with Crippen molar-refractivity contribution in [3.8, 4) is 17.2 Å². The molecule has 178 valence electrons. The average Bonchev–Trinajstić information content (AvgIpc) is 3.60. The monoisotopic (exact) mass is 480 g/mol. The Balaban J connectivity index is 1.67. The van der Waals surface area contributed by atoms with Gasteiger partial charge in [0.05, 0.1) is 22.2 Å². The molecule has 0 unspecified atom stereocenters. The van der Waals surface area contributed by atoms with Gasteiger partial charge in [0.25, 0.3) is 0 Å². The molecule has 1 N–H and O–H groups in total. The van der Waals surface area contributed by atoms with E-state index in [-0.39, 0.29) is 5.41 Å². The zero-order chi connectivity index (χ0) is 24.3. The van der Waals surface area contributed by atoms with Crippen LogP contribution in [0.1, 0.15) is 86.3 Å². The highest BCUT2D eigenvalue weighted by Gasteiger charge is 2.43. The molecule has 0 bridgehead atoms. The Morgan fingerprint density at radius 1 is 0.943 bits per heavy atom. The molecule has 2 aliphatic rings. The molecule has 2 aliphatic carbocycles. The molecule has 6 rings (SSSR count). The second-order valence-electron chi connectivity index (χ2n) is 10.7. The number of rotatable bonds is 4. The minimum atomic E-state index is 0.209. The molecule has 1 heterocycles. The van der Waals surface area contributed by atoms with Crippen molar-refractivity contribution >= 4 is 33.4 Å². The lowest BCUT2D eigenvalue weighted by molar-refractivity contribution is 0.438. The highest BCUT2D eigenvalue weighted by molar-refractivity contribution is 6.37. The summed E-state index contributed by atoms with van der Waals surface area (Å²) in [6.45, 7) is 6.73.